The molecule has 29 heavy (non-hydrogen) atoms. The van der Waals surface area contributed by atoms with Gasteiger partial charge >= 0.3 is 0 Å². The highest BCUT2D eigenvalue weighted by atomic mass is 14.9. The highest BCUT2D eigenvalue weighted by molar-refractivity contribution is 6.06. The second-order valence-corrected chi connectivity index (χ2v) is 8.37. The predicted octanol–water partition coefficient (Wildman–Crippen LogP) is 5.05. The van der Waals surface area contributed by atoms with Crippen molar-refractivity contribution in [3.8, 4) is 11.3 Å². The first-order chi connectivity index (χ1) is 14.2. The lowest BCUT2D eigenvalue weighted by atomic mass is 9.68. The highest BCUT2D eigenvalue weighted by Gasteiger charge is 2.35. The van der Waals surface area contributed by atoms with E-state index in [1.807, 2.05) is 6.20 Å². The van der Waals surface area contributed by atoms with E-state index in [1.165, 1.54) is 33.4 Å². The third-order valence-electron chi connectivity index (χ3n) is 6.66. The van der Waals surface area contributed by atoms with Crippen LogP contribution in [0.3, 0.4) is 0 Å². The van der Waals surface area contributed by atoms with Crippen molar-refractivity contribution < 1.29 is 0 Å². The van der Waals surface area contributed by atoms with Gasteiger partial charge in [0.25, 0.3) is 0 Å². The average molecular weight is 382 g/mol. The number of aryl methyl sites for hydroxylation is 1. The van der Waals surface area contributed by atoms with Crippen molar-refractivity contribution >= 4 is 5.71 Å². The number of nitrogens with zero attached hydrogens (tertiary/aromatic N) is 2. The predicted molar refractivity (Wildman–Crippen MR) is 120 cm³/mol. The van der Waals surface area contributed by atoms with E-state index in [0.29, 0.717) is 0 Å². The van der Waals surface area contributed by atoms with Gasteiger partial charge in [0.1, 0.15) is 0 Å². The van der Waals surface area contributed by atoms with Crippen LogP contribution in [0.5, 0.6) is 0 Å². The summed E-state index contributed by atoms with van der Waals surface area (Å²) in [5, 5.41) is 3.54. The number of pyridine rings is 1. The number of nitrogens with one attached hydrogen (secondary N) is 1. The van der Waals surface area contributed by atoms with Gasteiger partial charge in [-0.15, -0.1) is 0 Å². The number of aliphatic imine (C=N–C) groups is 1. The fraction of sp³-hybridized carbons (Fsp3) is 0.308. The SMILES string of the molecule is CC1=NCc2ccnc(-c3ccc(C4(c5ccc(C)cc5)CCNCC4)cc3)c21. The van der Waals surface area contributed by atoms with Gasteiger partial charge in [-0.25, -0.2) is 0 Å². The van der Waals surface area contributed by atoms with Crippen LogP contribution in [0, 0.1) is 6.92 Å². The van der Waals surface area contributed by atoms with Crippen molar-refractivity contribution in [3.05, 3.63) is 88.6 Å². The van der Waals surface area contributed by atoms with Crippen LogP contribution in [-0.2, 0) is 12.0 Å². The zero-order valence-corrected chi connectivity index (χ0v) is 17.2. The van der Waals surface area contributed by atoms with Gasteiger partial charge in [0.2, 0.25) is 0 Å². The maximum atomic E-state index is 4.71. The molecule has 0 unspecified atom stereocenters. The number of aromatic nitrogens is 1. The summed E-state index contributed by atoms with van der Waals surface area (Å²) in [5.41, 5.74) is 10.1. The Balaban J connectivity index is 1.56. The summed E-state index contributed by atoms with van der Waals surface area (Å²) in [6, 6.07) is 20.4. The topological polar surface area (TPSA) is 37.3 Å². The Hall–Kier alpha value is -2.78. The number of hydrogen-bond donors (Lipinski definition) is 1. The first kappa shape index (κ1) is 18.3. The Morgan fingerprint density at radius 1 is 0.828 bits per heavy atom. The van der Waals surface area contributed by atoms with Crippen molar-refractivity contribution in [1.82, 2.24) is 10.3 Å². The van der Waals surface area contributed by atoms with Gasteiger partial charge in [-0.1, -0.05) is 54.1 Å². The van der Waals surface area contributed by atoms with E-state index in [9.17, 15) is 0 Å². The average Bonchev–Trinajstić information content (AvgIpc) is 3.16. The van der Waals surface area contributed by atoms with Crippen LogP contribution in [0.1, 0.15) is 47.6 Å². The fourth-order valence-corrected chi connectivity index (χ4v) is 4.96. The zero-order chi connectivity index (χ0) is 19.8. The van der Waals surface area contributed by atoms with Crippen LogP contribution < -0.4 is 5.32 Å². The monoisotopic (exact) mass is 381 g/mol. The summed E-state index contributed by atoms with van der Waals surface area (Å²) in [7, 11) is 0. The smallest absolute Gasteiger partial charge is 0.0795 e. The summed E-state index contributed by atoms with van der Waals surface area (Å²) >= 11 is 0. The minimum Gasteiger partial charge on any atom is -0.317 e. The fourth-order valence-electron chi connectivity index (χ4n) is 4.96. The third-order valence-corrected chi connectivity index (χ3v) is 6.66. The maximum Gasteiger partial charge on any atom is 0.0795 e. The Morgan fingerprint density at radius 3 is 2.17 bits per heavy atom. The van der Waals surface area contributed by atoms with Crippen LogP contribution in [0.25, 0.3) is 11.3 Å². The number of rotatable bonds is 3. The van der Waals surface area contributed by atoms with Crippen LogP contribution in [0.15, 0.2) is 65.8 Å². The molecule has 0 radical (unpaired) electrons. The minimum atomic E-state index is 0.0842. The Labute approximate surface area is 172 Å². The Kier molecular flexibility index (Phi) is 4.56. The molecule has 3 aromatic rings. The molecule has 0 atom stereocenters. The molecule has 0 bridgehead atoms. The van der Waals surface area contributed by atoms with E-state index in [0.717, 1.165) is 43.9 Å². The molecular weight excluding hydrogens is 354 g/mol. The lowest BCUT2D eigenvalue weighted by Gasteiger charge is -2.39. The lowest BCUT2D eigenvalue weighted by molar-refractivity contribution is 0.362. The Morgan fingerprint density at radius 2 is 1.48 bits per heavy atom. The molecule has 0 spiro atoms. The molecule has 5 rings (SSSR count). The summed E-state index contributed by atoms with van der Waals surface area (Å²) in [4.78, 5) is 9.32. The van der Waals surface area contributed by atoms with Gasteiger partial charge in [-0.3, -0.25) is 9.98 Å². The van der Waals surface area contributed by atoms with E-state index >= 15 is 0 Å². The summed E-state index contributed by atoms with van der Waals surface area (Å²) < 4.78 is 0. The second kappa shape index (κ2) is 7.23. The second-order valence-electron chi connectivity index (χ2n) is 8.37. The zero-order valence-electron chi connectivity index (χ0n) is 17.2. The first-order valence-corrected chi connectivity index (χ1v) is 10.6. The maximum absolute atomic E-state index is 4.71. The van der Waals surface area contributed by atoms with Crippen LogP contribution >= 0.6 is 0 Å². The molecule has 0 aliphatic carbocycles. The minimum absolute atomic E-state index is 0.0842. The molecule has 1 N–H and O–H groups in total. The molecular formula is C26H27N3. The van der Waals surface area contributed by atoms with E-state index in [4.69, 9.17) is 4.98 Å². The Bertz CT molecular complexity index is 1060. The number of piperidine rings is 1. The standard InChI is InChI=1S/C26H27N3/c1-18-3-7-22(8-4-18)26(12-15-27-16-13-26)23-9-5-20(6-10-23)25-24-19(2)29-17-21(24)11-14-28-25/h3-11,14,27H,12-13,15-17H2,1-2H3. The highest BCUT2D eigenvalue weighted by Crippen LogP contribution is 2.41. The quantitative estimate of drug-likeness (QED) is 0.689. The van der Waals surface area contributed by atoms with Crippen molar-refractivity contribution in [2.75, 3.05) is 13.1 Å². The molecule has 3 heteroatoms. The van der Waals surface area contributed by atoms with Crippen LogP contribution in [-0.4, -0.2) is 23.8 Å². The first-order valence-electron chi connectivity index (χ1n) is 10.6. The molecule has 2 aliphatic heterocycles. The van der Waals surface area contributed by atoms with Gasteiger partial charge < -0.3 is 5.32 Å². The van der Waals surface area contributed by atoms with Gasteiger partial charge in [-0.05, 0) is 62.5 Å². The van der Waals surface area contributed by atoms with Gasteiger partial charge in [0, 0.05) is 28.5 Å². The molecule has 0 amide bonds. The van der Waals surface area contributed by atoms with Gasteiger partial charge in [-0.2, -0.15) is 0 Å². The van der Waals surface area contributed by atoms with E-state index in [-0.39, 0.29) is 5.41 Å². The van der Waals surface area contributed by atoms with E-state index in [2.05, 4.69) is 78.8 Å². The molecule has 1 aromatic heterocycles. The molecule has 146 valence electrons. The molecule has 2 aromatic carbocycles. The van der Waals surface area contributed by atoms with Crippen molar-refractivity contribution in [2.45, 2.75) is 38.6 Å². The normalized spacial score (nSPS) is 17.7. The summed E-state index contributed by atoms with van der Waals surface area (Å²) in [6.45, 7) is 7.13. The molecule has 1 saturated heterocycles. The summed E-state index contributed by atoms with van der Waals surface area (Å²) in [6.07, 6.45) is 4.16. The van der Waals surface area contributed by atoms with Crippen LogP contribution in [0.2, 0.25) is 0 Å². The van der Waals surface area contributed by atoms with Crippen molar-refractivity contribution in [2.24, 2.45) is 4.99 Å². The van der Waals surface area contributed by atoms with Gasteiger partial charge in [0.05, 0.1) is 12.2 Å². The molecule has 0 saturated carbocycles. The number of hydrogen-bond acceptors (Lipinski definition) is 3. The molecule has 3 nitrogen and oxygen atoms in total. The molecule has 3 heterocycles. The number of benzene rings is 2. The third kappa shape index (κ3) is 3.10. The van der Waals surface area contributed by atoms with Gasteiger partial charge in [0.15, 0.2) is 0 Å². The van der Waals surface area contributed by atoms with Crippen LogP contribution in [0.4, 0.5) is 0 Å². The largest absolute Gasteiger partial charge is 0.317 e. The number of fused-ring (bicyclic) bond motifs is 1. The van der Waals surface area contributed by atoms with E-state index in [1.54, 1.807) is 0 Å². The lowest BCUT2D eigenvalue weighted by Crippen LogP contribution is -2.40. The molecule has 2 aliphatic rings. The van der Waals surface area contributed by atoms with E-state index < -0.39 is 0 Å². The van der Waals surface area contributed by atoms with Crippen molar-refractivity contribution in [3.63, 3.8) is 0 Å². The molecule has 1 fully saturated rings. The van der Waals surface area contributed by atoms with Crippen molar-refractivity contribution in [1.29, 1.82) is 0 Å². The summed E-state index contributed by atoms with van der Waals surface area (Å²) in [5.74, 6) is 0.